The zero-order valence-corrected chi connectivity index (χ0v) is 15.8. The SMILES string of the molecule is Cc1cc(OCC(O)(c2cncnc2)C(C)(C)C)ccc1SC(F)(F)F. The van der Waals surface area contributed by atoms with Crippen molar-refractivity contribution in [2.24, 2.45) is 5.41 Å². The lowest BCUT2D eigenvalue weighted by Gasteiger charge is -2.39. The molecule has 0 aliphatic carbocycles. The number of halogens is 3. The van der Waals surface area contributed by atoms with Crippen LogP contribution in [0.5, 0.6) is 5.75 Å². The summed E-state index contributed by atoms with van der Waals surface area (Å²) < 4.78 is 43.3. The third kappa shape index (κ3) is 4.88. The molecule has 0 saturated heterocycles. The topological polar surface area (TPSA) is 55.2 Å². The summed E-state index contributed by atoms with van der Waals surface area (Å²) in [6.07, 6.45) is 4.42. The van der Waals surface area contributed by atoms with Crippen LogP contribution in [0.2, 0.25) is 0 Å². The van der Waals surface area contributed by atoms with Crippen LogP contribution in [0.3, 0.4) is 0 Å². The summed E-state index contributed by atoms with van der Waals surface area (Å²) in [7, 11) is 0. The monoisotopic (exact) mass is 386 g/mol. The Kier molecular flexibility index (Phi) is 5.87. The van der Waals surface area contributed by atoms with Gasteiger partial charge in [-0.15, -0.1) is 0 Å². The summed E-state index contributed by atoms with van der Waals surface area (Å²) in [5.41, 5.74) is -5.34. The Balaban J connectivity index is 2.21. The number of benzene rings is 1. The van der Waals surface area contributed by atoms with Crippen LogP contribution in [-0.2, 0) is 5.60 Å². The standard InChI is InChI=1S/C18H21F3N2O2S/c1-12-7-14(5-6-15(12)26-18(19,20)21)25-10-17(24,16(2,3)4)13-8-22-11-23-9-13/h5-9,11,24H,10H2,1-4H3. The average Bonchev–Trinajstić information content (AvgIpc) is 2.53. The predicted octanol–water partition coefficient (Wildman–Crippen LogP) is 4.71. The molecule has 1 unspecified atom stereocenters. The maximum atomic E-state index is 12.5. The average molecular weight is 386 g/mol. The number of nitrogens with zero attached hydrogens (tertiary/aromatic N) is 2. The van der Waals surface area contributed by atoms with Gasteiger partial charge in [-0.05, 0) is 47.9 Å². The number of thioether (sulfide) groups is 1. The smallest absolute Gasteiger partial charge is 0.446 e. The first-order valence-corrected chi connectivity index (χ1v) is 8.71. The van der Waals surface area contributed by atoms with Crippen LogP contribution in [0.25, 0.3) is 0 Å². The Bertz CT molecular complexity index is 748. The molecule has 1 heterocycles. The molecule has 0 amide bonds. The molecule has 1 atom stereocenters. The fourth-order valence-electron chi connectivity index (χ4n) is 2.38. The zero-order chi connectivity index (χ0) is 19.6. The van der Waals surface area contributed by atoms with E-state index in [1.165, 1.54) is 36.9 Å². The maximum Gasteiger partial charge on any atom is 0.446 e. The molecule has 26 heavy (non-hydrogen) atoms. The molecule has 1 aromatic heterocycles. The number of alkyl halides is 3. The van der Waals surface area contributed by atoms with E-state index in [1.54, 1.807) is 6.92 Å². The molecule has 8 heteroatoms. The van der Waals surface area contributed by atoms with E-state index in [4.69, 9.17) is 4.74 Å². The fourth-order valence-corrected chi connectivity index (χ4v) is 2.99. The molecular formula is C18H21F3N2O2S. The molecule has 0 radical (unpaired) electrons. The second-order valence-corrected chi connectivity index (χ2v) is 8.11. The highest BCUT2D eigenvalue weighted by molar-refractivity contribution is 8.00. The summed E-state index contributed by atoms with van der Waals surface area (Å²) in [5, 5.41) is 11.2. The van der Waals surface area contributed by atoms with Crippen molar-refractivity contribution in [1.29, 1.82) is 0 Å². The second-order valence-electron chi connectivity index (χ2n) is 7.00. The van der Waals surface area contributed by atoms with E-state index in [1.807, 2.05) is 20.8 Å². The molecule has 0 aliphatic rings. The van der Waals surface area contributed by atoms with Gasteiger partial charge in [0.25, 0.3) is 0 Å². The van der Waals surface area contributed by atoms with Gasteiger partial charge in [-0.1, -0.05) is 20.8 Å². The summed E-state index contributed by atoms with van der Waals surface area (Å²) in [6.45, 7) is 7.07. The minimum atomic E-state index is -4.34. The van der Waals surface area contributed by atoms with Crippen LogP contribution in [0.15, 0.2) is 41.8 Å². The number of ether oxygens (including phenoxy) is 1. The maximum absolute atomic E-state index is 12.5. The van der Waals surface area contributed by atoms with Gasteiger partial charge >= 0.3 is 5.51 Å². The first-order valence-electron chi connectivity index (χ1n) is 7.89. The van der Waals surface area contributed by atoms with Gasteiger partial charge < -0.3 is 9.84 Å². The van der Waals surface area contributed by atoms with Gasteiger partial charge in [-0.25, -0.2) is 9.97 Å². The van der Waals surface area contributed by atoms with E-state index in [-0.39, 0.29) is 23.3 Å². The van der Waals surface area contributed by atoms with Crippen LogP contribution in [0.4, 0.5) is 13.2 Å². The van der Waals surface area contributed by atoms with Crippen LogP contribution < -0.4 is 4.74 Å². The molecule has 2 aromatic rings. The van der Waals surface area contributed by atoms with Crippen molar-refractivity contribution in [3.05, 3.63) is 48.0 Å². The lowest BCUT2D eigenvalue weighted by molar-refractivity contribution is -0.0949. The van der Waals surface area contributed by atoms with Crippen molar-refractivity contribution < 1.29 is 23.0 Å². The normalized spacial score (nSPS) is 14.8. The van der Waals surface area contributed by atoms with Crippen LogP contribution >= 0.6 is 11.8 Å². The lowest BCUT2D eigenvalue weighted by atomic mass is 9.73. The predicted molar refractivity (Wildman–Crippen MR) is 94.0 cm³/mol. The number of hydrogen-bond acceptors (Lipinski definition) is 5. The summed E-state index contributed by atoms with van der Waals surface area (Å²) in [6, 6.07) is 4.36. The lowest BCUT2D eigenvalue weighted by Crippen LogP contribution is -2.45. The van der Waals surface area contributed by atoms with Gasteiger partial charge in [0, 0.05) is 22.9 Å². The van der Waals surface area contributed by atoms with E-state index >= 15 is 0 Å². The number of hydrogen-bond donors (Lipinski definition) is 1. The number of rotatable bonds is 5. The molecule has 4 nitrogen and oxygen atoms in total. The first-order chi connectivity index (χ1) is 11.9. The molecule has 142 valence electrons. The molecule has 0 saturated carbocycles. The number of aromatic nitrogens is 2. The number of aryl methyl sites for hydroxylation is 1. The van der Waals surface area contributed by atoms with Gasteiger partial charge in [-0.3, -0.25) is 0 Å². The molecule has 2 rings (SSSR count). The first kappa shape index (κ1) is 20.5. The van der Waals surface area contributed by atoms with Crippen molar-refractivity contribution in [3.63, 3.8) is 0 Å². The van der Waals surface area contributed by atoms with E-state index in [0.29, 0.717) is 16.9 Å². The highest BCUT2D eigenvalue weighted by Crippen LogP contribution is 2.41. The quantitative estimate of drug-likeness (QED) is 0.755. The van der Waals surface area contributed by atoms with Gasteiger partial charge in [0.2, 0.25) is 0 Å². The molecular weight excluding hydrogens is 365 g/mol. The summed E-state index contributed by atoms with van der Waals surface area (Å²) in [5.74, 6) is 0.383. The highest BCUT2D eigenvalue weighted by atomic mass is 32.2. The Morgan fingerprint density at radius 3 is 2.23 bits per heavy atom. The Morgan fingerprint density at radius 2 is 1.73 bits per heavy atom. The third-order valence-electron chi connectivity index (χ3n) is 4.10. The minimum absolute atomic E-state index is 0.0882. The molecule has 0 spiro atoms. The van der Waals surface area contributed by atoms with Crippen molar-refractivity contribution in [2.75, 3.05) is 6.61 Å². The molecule has 1 aromatic carbocycles. The van der Waals surface area contributed by atoms with E-state index in [9.17, 15) is 18.3 Å². The van der Waals surface area contributed by atoms with Crippen molar-refractivity contribution in [2.45, 2.75) is 43.7 Å². The summed E-state index contributed by atoms with van der Waals surface area (Å²) in [4.78, 5) is 8.00. The third-order valence-corrected chi connectivity index (χ3v) is 5.01. The van der Waals surface area contributed by atoms with Crippen molar-refractivity contribution >= 4 is 11.8 Å². The van der Waals surface area contributed by atoms with Gasteiger partial charge in [0.05, 0.1) is 0 Å². The highest BCUT2D eigenvalue weighted by Gasteiger charge is 2.43. The van der Waals surface area contributed by atoms with Crippen molar-refractivity contribution in [1.82, 2.24) is 9.97 Å². The Hall–Kier alpha value is -1.80. The molecule has 0 fully saturated rings. The van der Waals surface area contributed by atoms with E-state index in [2.05, 4.69) is 9.97 Å². The molecule has 1 N–H and O–H groups in total. The zero-order valence-electron chi connectivity index (χ0n) is 15.0. The van der Waals surface area contributed by atoms with Crippen LogP contribution in [0.1, 0.15) is 31.9 Å². The van der Waals surface area contributed by atoms with Gasteiger partial charge in [-0.2, -0.15) is 13.2 Å². The van der Waals surface area contributed by atoms with Gasteiger partial charge in [0.1, 0.15) is 24.3 Å². The van der Waals surface area contributed by atoms with Crippen LogP contribution in [-0.4, -0.2) is 27.2 Å². The van der Waals surface area contributed by atoms with Crippen molar-refractivity contribution in [3.8, 4) is 5.75 Å². The Labute approximate surface area is 154 Å². The number of aliphatic hydroxyl groups is 1. The second kappa shape index (κ2) is 7.44. The Morgan fingerprint density at radius 1 is 1.12 bits per heavy atom. The molecule has 0 aliphatic heterocycles. The minimum Gasteiger partial charge on any atom is -0.490 e. The van der Waals surface area contributed by atoms with Crippen LogP contribution in [0, 0.1) is 12.3 Å². The van der Waals surface area contributed by atoms with E-state index < -0.39 is 16.5 Å². The largest absolute Gasteiger partial charge is 0.490 e. The van der Waals surface area contributed by atoms with E-state index in [0.717, 1.165) is 0 Å². The summed E-state index contributed by atoms with van der Waals surface area (Å²) >= 11 is -0.161. The fraction of sp³-hybridized carbons (Fsp3) is 0.444. The van der Waals surface area contributed by atoms with Gasteiger partial charge in [0.15, 0.2) is 0 Å². The molecule has 0 bridgehead atoms.